The molecule has 0 saturated carbocycles. The zero-order chi connectivity index (χ0) is 20.6. The fourth-order valence-corrected chi connectivity index (χ4v) is 3.23. The van der Waals surface area contributed by atoms with Gasteiger partial charge in [0, 0.05) is 16.9 Å². The standard InChI is InChI=1S/C23H21BrN2O3/c1-2-16-11-12-21(20(24)13-16)29-15-22(27)25-18-9-6-10-19(14-18)26-23(28)17-7-4-3-5-8-17/h3-14H,2,15H2,1H3,(H,25,27)(H,26,28). The van der Waals surface area contributed by atoms with E-state index in [0.29, 0.717) is 22.7 Å². The van der Waals surface area contributed by atoms with Gasteiger partial charge in [0.25, 0.3) is 11.8 Å². The lowest BCUT2D eigenvalue weighted by atomic mass is 10.2. The topological polar surface area (TPSA) is 67.4 Å². The molecule has 0 saturated heterocycles. The quantitative estimate of drug-likeness (QED) is 0.512. The van der Waals surface area contributed by atoms with Crippen molar-refractivity contribution in [2.45, 2.75) is 13.3 Å². The summed E-state index contributed by atoms with van der Waals surface area (Å²) in [5, 5.41) is 5.60. The molecule has 0 aliphatic rings. The molecule has 2 N–H and O–H groups in total. The SMILES string of the molecule is CCc1ccc(OCC(=O)Nc2cccc(NC(=O)c3ccccc3)c2)c(Br)c1. The number of anilines is 2. The first kappa shape index (κ1) is 20.6. The van der Waals surface area contributed by atoms with Crippen molar-refractivity contribution in [2.75, 3.05) is 17.2 Å². The third kappa shape index (κ3) is 5.93. The van der Waals surface area contributed by atoms with Crippen LogP contribution in [-0.2, 0) is 11.2 Å². The Kier molecular flexibility index (Phi) is 7.03. The zero-order valence-corrected chi connectivity index (χ0v) is 17.5. The van der Waals surface area contributed by atoms with Crippen molar-refractivity contribution in [3.63, 3.8) is 0 Å². The Hall–Kier alpha value is -3.12. The predicted molar refractivity (Wildman–Crippen MR) is 118 cm³/mol. The van der Waals surface area contributed by atoms with Gasteiger partial charge in [0.1, 0.15) is 5.75 Å². The highest BCUT2D eigenvalue weighted by Crippen LogP contribution is 2.26. The number of carbonyl (C=O) groups excluding carboxylic acids is 2. The first-order valence-electron chi connectivity index (χ1n) is 9.22. The smallest absolute Gasteiger partial charge is 0.262 e. The van der Waals surface area contributed by atoms with Crippen LogP contribution in [0.5, 0.6) is 5.75 Å². The molecule has 3 aromatic rings. The fraction of sp³-hybridized carbons (Fsp3) is 0.130. The molecule has 5 nitrogen and oxygen atoms in total. The van der Waals surface area contributed by atoms with Crippen LogP contribution >= 0.6 is 15.9 Å². The molecule has 0 aliphatic carbocycles. The van der Waals surface area contributed by atoms with E-state index in [1.54, 1.807) is 48.5 Å². The van der Waals surface area contributed by atoms with Gasteiger partial charge in [0.05, 0.1) is 4.47 Å². The molecule has 29 heavy (non-hydrogen) atoms. The van der Waals surface area contributed by atoms with Crippen molar-refractivity contribution in [1.29, 1.82) is 0 Å². The summed E-state index contributed by atoms with van der Waals surface area (Å²) >= 11 is 3.46. The minimum absolute atomic E-state index is 0.120. The van der Waals surface area contributed by atoms with Crippen LogP contribution in [0.25, 0.3) is 0 Å². The van der Waals surface area contributed by atoms with Gasteiger partial charge in [-0.05, 0) is 70.4 Å². The molecule has 0 heterocycles. The molecule has 6 heteroatoms. The van der Waals surface area contributed by atoms with E-state index in [1.807, 2.05) is 24.3 Å². The number of ether oxygens (including phenoxy) is 1. The minimum Gasteiger partial charge on any atom is -0.483 e. The molecule has 2 amide bonds. The average molecular weight is 453 g/mol. The Balaban J connectivity index is 1.57. The molecule has 0 unspecified atom stereocenters. The number of rotatable bonds is 7. The van der Waals surface area contributed by atoms with Gasteiger partial charge in [-0.2, -0.15) is 0 Å². The van der Waals surface area contributed by atoms with Gasteiger partial charge >= 0.3 is 0 Å². The molecule has 3 rings (SSSR count). The van der Waals surface area contributed by atoms with Gasteiger partial charge in [-0.25, -0.2) is 0 Å². The Morgan fingerprint density at radius 2 is 1.62 bits per heavy atom. The maximum Gasteiger partial charge on any atom is 0.262 e. The van der Waals surface area contributed by atoms with Gasteiger partial charge in [-0.1, -0.05) is 37.3 Å². The molecule has 0 radical (unpaired) electrons. The van der Waals surface area contributed by atoms with Crippen LogP contribution in [0.3, 0.4) is 0 Å². The maximum atomic E-state index is 12.3. The molecule has 0 aromatic heterocycles. The van der Waals surface area contributed by atoms with Crippen LogP contribution in [-0.4, -0.2) is 18.4 Å². The monoisotopic (exact) mass is 452 g/mol. The van der Waals surface area contributed by atoms with Crippen molar-refractivity contribution < 1.29 is 14.3 Å². The van der Waals surface area contributed by atoms with Gasteiger partial charge in [-0.15, -0.1) is 0 Å². The van der Waals surface area contributed by atoms with E-state index in [2.05, 4.69) is 33.5 Å². The number of aryl methyl sites for hydroxylation is 1. The third-order valence-corrected chi connectivity index (χ3v) is 4.82. The summed E-state index contributed by atoms with van der Waals surface area (Å²) in [5.41, 5.74) is 2.92. The zero-order valence-electron chi connectivity index (χ0n) is 15.9. The van der Waals surface area contributed by atoms with Gasteiger partial charge in [-0.3, -0.25) is 9.59 Å². The highest BCUT2D eigenvalue weighted by molar-refractivity contribution is 9.10. The Labute approximate surface area is 178 Å². The highest BCUT2D eigenvalue weighted by atomic mass is 79.9. The average Bonchev–Trinajstić information content (AvgIpc) is 2.73. The number of amides is 2. The van der Waals surface area contributed by atoms with Crippen LogP contribution in [0, 0.1) is 0 Å². The van der Waals surface area contributed by atoms with Crippen LogP contribution < -0.4 is 15.4 Å². The summed E-state index contributed by atoms with van der Waals surface area (Å²) in [6, 6.07) is 21.7. The number of carbonyl (C=O) groups is 2. The van der Waals surface area contributed by atoms with Crippen molar-refractivity contribution in [3.05, 3.63) is 88.4 Å². The lowest BCUT2D eigenvalue weighted by molar-refractivity contribution is -0.118. The minimum atomic E-state index is -0.289. The van der Waals surface area contributed by atoms with E-state index < -0.39 is 0 Å². The number of hydrogen-bond donors (Lipinski definition) is 2. The van der Waals surface area contributed by atoms with Gasteiger partial charge in [0.2, 0.25) is 0 Å². The van der Waals surface area contributed by atoms with Crippen molar-refractivity contribution >= 4 is 39.1 Å². The second-order valence-corrected chi connectivity index (χ2v) is 7.21. The molecule has 0 fully saturated rings. The number of benzene rings is 3. The lowest BCUT2D eigenvalue weighted by Gasteiger charge is -2.11. The van der Waals surface area contributed by atoms with E-state index >= 15 is 0 Å². The Bertz CT molecular complexity index is 1010. The van der Waals surface area contributed by atoms with E-state index in [9.17, 15) is 9.59 Å². The van der Waals surface area contributed by atoms with E-state index in [1.165, 1.54) is 5.56 Å². The molecule has 148 valence electrons. The first-order valence-corrected chi connectivity index (χ1v) is 10.0. The number of hydrogen-bond acceptors (Lipinski definition) is 3. The molecular weight excluding hydrogens is 432 g/mol. The van der Waals surface area contributed by atoms with Crippen LogP contribution in [0.2, 0.25) is 0 Å². The third-order valence-electron chi connectivity index (χ3n) is 4.20. The summed E-state index contributed by atoms with van der Waals surface area (Å²) in [6.07, 6.45) is 0.927. The second-order valence-electron chi connectivity index (χ2n) is 6.36. The van der Waals surface area contributed by atoms with Crippen molar-refractivity contribution in [2.24, 2.45) is 0 Å². The fourth-order valence-electron chi connectivity index (χ4n) is 2.69. The Morgan fingerprint density at radius 3 is 2.31 bits per heavy atom. The summed E-state index contributed by atoms with van der Waals surface area (Å²) in [6.45, 7) is 1.96. The summed E-state index contributed by atoms with van der Waals surface area (Å²) < 4.78 is 6.41. The van der Waals surface area contributed by atoms with E-state index in [4.69, 9.17) is 4.74 Å². The summed E-state index contributed by atoms with van der Waals surface area (Å²) in [5.74, 6) is 0.113. The van der Waals surface area contributed by atoms with Gasteiger partial charge < -0.3 is 15.4 Å². The van der Waals surface area contributed by atoms with Crippen molar-refractivity contribution in [3.8, 4) is 5.75 Å². The normalized spacial score (nSPS) is 10.3. The lowest BCUT2D eigenvalue weighted by Crippen LogP contribution is -2.20. The molecule has 0 bridgehead atoms. The van der Waals surface area contributed by atoms with Crippen LogP contribution in [0.4, 0.5) is 11.4 Å². The summed E-state index contributed by atoms with van der Waals surface area (Å²) in [7, 11) is 0. The second kappa shape index (κ2) is 9.89. The summed E-state index contributed by atoms with van der Waals surface area (Å²) in [4.78, 5) is 24.5. The van der Waals surface area contributed by atoms with Crippen LogP contribution in [0.15, 0.2) is 77.3 Å². The molecule has 0 aliphatic heterocycles. The van der Waals surface area contributed by atoms with E-state index in [0.717, 1.165) is 10.9 Å². The number of halogens is 1. The van der Waals surface area contributed by atoms with E-state index in [-0.39, 0.29) is 18.4 Å². The highest BCUT2D eigenvalue weighted by Gasteiger charge is 2.09. The van der Waals surface area contributed by atoms with Crippen molar-refractivity contribution in [1.82, 2.24) is 0 Å². The van der Waals surface area contributed by atoms with Gasteiger partial charge in [0.15, 0.2) is 6.61 Å². The largest absolute Gasteiger partial charge is 0.483 e. The molecule has 0 atom stereocenters. The Morgan fingerprint density at radius 1 is 0.897 bits per heavy atom. The predicted octanol–water partition coefficient (Wildman–Crippen LogP) is 5.28. The van der Waals surface area contributed by atoms with Crippen LogP contribution in [0.1, 0.15) is 22.8 Å². The maximum absolute atomic E-state index is 12.3. The molecular formula is C23H21BrN2O3. The molecule has 0 spiro atoms. The first-order chi connectivity index (χ1) is 14.0. The number of nitrogens with one attached hydrogen (secondary N) is 2. The molecule has 3 aromatic carbocycles.